The van der Waals surface area contributed by atoms with Gasteiger partial charge >= 0.3 is 0 Å². The van der Waals surface area contributed by atoms with Crippen LogP contribution < -0.4 is 10.9 Å². The van der Waals surface area contributed by atoms with E-state index < -0.39 is 0 Å². The van der Waals surface area contributed by atoms with Crippen molar-refractivity contribution in [2.75, 3.05) is 6.54 Å². The number of nitrogens with one attached hydrogen (secondary N) is 1. The normalized spacial score (nSPS) is 14.6. The molecular formula is C14H24N2O. The lowest BCUT2D eigenvalue weighted by Gasteiger charge is -2.24. The smallest absolute Gasteiger partial charge is 0.253 e. The molecule has 0 aliphatic carbocycles. The second kappa shape index (κ2) is 6.60. The van der Waals surface area contributed by atoms with Crippen molar-refractivity contribution in [3.8, 4) is 0 Å². The van der Waals surface area contributed by atoms with E-state index >= 15 is 0 Å². The average Bonchev–Trinajstić information content (AvgIpc) is 2.33. The Balaban J connectivity index is 2.86. The number of pyridine rings is 1. The first-order chi connectivity index (χ1) is 8.10. The van der Waals surface area contributed by atoms with Gasteiger partial charge in [-0.1, -0.05) is 33.3 Å². The first-order valence-electron chi connectivity index (χ1n) is 6.49. The summed E-state index contributed by atoms with van der Waals surface area (Å²) in [6.07, 6.45) is 3.00. The summed E-state index contributed by atoms with van der Waals surface area (Å²) in [5, 5.41) is 3.47. The largest absolute Gasteiger partial charge is 0.314 e. The summed E-state index contributed by atoms with van der Waals surface area (Å²) in [7, 11) is 0. The van der Waals surface area contributed by atoms with Crippen molar-refractivity contribution in [2.24, 2.45) is 5.92 Å². The number of rotatable bonds is 6. The van der Waals surface area contributed by atoms with Crippen LogP contribution in [-0.4, -0.2) is 17.2 Å². The van der Waals surface area contributed by atoms with Gasteiger partial charge in [-0.25, -0.2) is 0 Å². The lowest BCUT2D eigenvalue weighted by molar-refractivity contribution is 0.331. The maximum atomic E-state index is 12.0. The summed E-state index contributed by atoms with van der Waals surface area (Å²) in [6.45, 7) is 10.1. The van der Waals surface area contributed by atoms with Crippen LogP contribution in [-0.2, 0) is 6.54 Å². The van der Waals surface area contributed by atoms with E-state index in [1.165, 1.54) is 0 Å². The Morgan fingerprint density at radius 3 is 2.71 bits per heavy atom. The fraction of sp³-hybridized carbons (Fsp3) is 0.643. The van der Waals surface area contributed by atoms with Crippen LogP contribution in [0.25, 0.3) is 0 Å². The van der Waals surface area contributed by atoms with Crippen molar-refractivity contribution in [3.05, 3.63) is 34.2 Å². The maximum Gasteiger partial charge on any atom is 0.253 e. The third-order valence-electron chi connectivity index (χ3n) is 3.40. The summed E-state index contributed by atoms with van der Waals surface area (Å²) in [6, 6.07) is 4.17. The average molecular weight is 236 g/mol. The molecule has 1 N–H and O–H groups in total. The van der Waals surface area contributed by atoms with Gasteiger partial charge in [-0.05, 0) is 25.5 Å². The molecule has 3 nitrogen and oxygen atoms in total. The molecule has 1 aromatic heterocycles. The third-order valence-corrected chi connectivity index (χ3v) is 3.40. The molecule has 2 atom stereocenters. The molecule has 3 heteroatoms. The third kappa shape index (κ3) is 3.70. The number of aryl methyl sites for hydroxylation is 1. The van der Waals surface area contributed by atoms with Gasteiger partial charge in [0, 0.05) is 24.3 Å². The van der Waals surface area contributed by atoms with Gasteiger partial charge in [0.15, 0.2) is 0 Å². The van der Waals surface area contributed by atoms with Crippen molar-refractivity contribution in [2.45, 2.75) is 46.7 Å². The Kier molecular flexibility index (Phi) is 5.42. The summed E-state index contributed by atoms with van der Waals surface area (Å²) < 4.78 is 1.81. The van der Waals surface area contributed by atoms with E-state index in [4.69, 9.17) is 0 Å². The van der Waals surface area contributed by atoms with Crippen LogP contribution in [0.3, 0.4) is 0 Å². The minimum Gasteiger partial charge on any atom is -0.314 e. The number of hydrogen-bond donors (Lipinski definition) is 1. The Labute approximate surface area is 104 Å². The van der Waals surface area contributed by atoms with Crippen LogP contribution in [0.4, 0.5) is 0 Å². The van der Waals surface area contributed by atoms with Crippen molar-refractivity contribution in [3.63, 3.8) is 0 Å². The van der Waals surface area contributed by atoms with Crippen molar-refractivity contribution in [1.82, 2.24) is 9.88 Å². The quantitative estimate of drug-likeness (QED) is 0.821. The standard InChI is InChI=1S/C14H24N2O/c1-5-11(3)13(15-6-2)10-16-9-7-8-12(4)14(16)17/h7-9,11,13,15H,5-6,10H2,1-4H3. The lowest BCUT2D eigenvalue weighted by atomic mass is 9.99. The van der Waals surface area contributed by atoms with E-state index in [1.54, 1.807) is 0 Å². The molecule has 0 fully saturated rings. The van der Waals surface area contributed by atoms with Gasteiger partial charge < -0.3 is 9.88 Å². The minimum absolute atomic E-state index is 0.124. The molecule has 17 heavy (non-hydrogen) atoms. The SMILES string of the molecule is CCNC(Cn1cccc(C)c1=O)C(C)CC. The van der Waals surface area contributed by atoms with Crippen LogP contribution in [0, 0.1) is 12.8 Å². The van der Waals surface area contributed by atoms with E-state index in [0.29, 0.717) is 12.0 Å². The van der Waals surface area contributed by atoms with Crippen molar-refractivity contribution < 1.29 is 0 Å². The van der Waals surface area contributed by atoms with Crippen molar-refractivity contribution >= 4 is 0 Å². The summed E-state index contributed by atoms with van der Waals surface area (Å²) in [4.78, 5) is 12.0. The van der Waals surface area contributed by atoms with Crippen LogP contribution >= 0.6 is 0 Å². The van der Waals surface area contributed by atoms with Gasteiger partial charge in [0.2, 0.25) is 0 Å². The molecule has 0 aliphatic heterocycles. The molecule has 0 aromatic carbocycles. The van der Waals surface area contributed by atoms with E-state index in [9.17, 15) is 4.79 Å². The molecule has 1 aromatic rings. The Morgan fingerprint density at radius 1 is 1.41 bits per heavy atom. The Morgan fingerprint density at radius 2 is 2.12 bits per heavy atom. The Hall–Kier alpha value is -1.09. The van der Waals surface area contributed by atoms with Gasteiger partial charge in [-0.2, -0.15) is 0 Å². The van der Waals surface area contributed by atoms with Crippen LogP contribution in [0.2, 0.25) is 0 Å². The highest BCUT2D eigenvalue weighted by molar-refractivity contribution is 5.07. The highest BCUT2D eigenvalue weighted by atomic mass is 16.1. The van der Waals surface area contributed by atoms with Gasteiger partial charge in [-0.15, -0.1) is 0 Å². The van der Waals surface area contributed by atoms with Crippen molar-refractivity contribution in [1.29, 1.82) is 0 Å². The highest BCUT2D eigenvalue weighted by Crippen LogP contribution is 2.09. The summed E-state index contributed by atoms with van der Waals surface area (Å²) >= 11 is 0. The number of likely N-dealkylation sites (N-methyl/N-ethyl adjacent to an activating group) is 1. The molecule has 96 valence electrons. The van der Waals surface area contributed by atoms with E-state index in [1.807, 2.05) is 29.8 Å². The summed E-state index contributed by atoms with van der Waals surface area (Å²) in [5.74, 6) is 0.572. The predicted octanol–water partition coefficient (Wildman–Crippen LogP) is 2.18. The van der Waals surface area contributed by atoms with Gasteiger partial charge in [0.1, 0.15) is 0 Å². The van der Waals surface area contributed by atoms with E-state index in [-0.39, 0.29) is 5.56 Å². The molecule has 0 spiro atoms. The lowest BCUT2D eigenvalue weighted by Crippen LogP contribution is -2.41. The van der Waals surface area contributed by atoms with Gasteiger partial charge in [0.25, 0.3) is 5.56 Å². The monoisotopic (exact) mass is 236 g/mol. The zero-order valence-corrected chi connectivity index (χ0v) is 11.4. The fourth-order valence-corrected chi connectivity index (χ4v) is 2.00. The number of aromatic nitrogens is 1. The molecule has 0 bridgehead atoms. The molecule has 1 heterocycles. The van der Waals surface area contributed by atoms with E-state index in [0.717, 1.165) is 25.1 Å². The zero-order valence-electron chi connectivity index (χ0n) is 11.4. The number of hydrogen-bond acceptors (Lipinski definition) is 2. The minimum atomic E-state index is 0.124. The Bertz CT molecular complexity index is 397. The second-order valence-corrected chi connectivity index (χ2v) is 4.70. The molecule has 2 unspecified atom stereocenters. The first-order valence-corrected chi connectivity index (χ1v) is 6.49. The van der Waals surface area contributed by atoms with Crippen LogP contribution in [0.15, 0.2) is 23.1 Å². The molecule has 0 aliphatic rings. The molecule has 1 rings (SSSR count). The van der Waals surface area contributed by atoms with E-state index in [2.05, 4.69) is 26.1 Å². The number of nitrogens with zero attached hydrogens (tertiary/aromatic N) is 1. The molecule has 0 radical (unpaired) electrons. The topological polar surface area (TPSA) is 34.0 Å². The first kappa shape index (κ1) is 14.0. The van der Waals surface area contributed by atoms with Crippen LogP contribution in [0.1, 0.15) is 32.8 Å². The fourth-order valence-electron chi connectivity index (χ4n) is 2.00. The summed E-state index contributed by atoms with van der Waals surface area (Å²) in [5.41, 5.74) is 0.936. The molecule has 0 saturated heterocycles. The predicted molar refractivity (Wildman–Crippen MR) is 72.4 cm³/mol. The molecule has 0 amide bonds. The van der Waals surface area contributed by atoms with Crippen LogP contribution in [0.5, 0.6) is 0 Å². The maximum absolute atomic E-state index is 12.0. The molecular weight excluding hydrogens is 212 g/mol. The van der Waals surface area contributed by atoms with Gasteiger partial charge in [-0.3, -0.25) is 4.79 Å². The molecule has 0 saturated carbocycles. The highest BCUT2D eigenvalue weighted by Gasteiger charge is 2.15. The van der Waals surface area contributed by atoms with Gasteiger partial charge in [0.05, 0.1) is 0 Å². The second-order valence-electron chi connectivity index (χ2n) is 4.70. The zero-order chi connectivity index (χ0) is 12.8.